The van der Waals surface area contributed by atoms with Crippen molar-refractivity contribution in [2.45, 2.75) is 39.2 Å². The first-order chi connectivity index (χ1) is 14.6. The number of hydrogen-bond donors (Lipinski definition) is 2. The fourth-order valence-electron chi connectivity index (χ4n) is 3.72. The molecular weight excluding hydrogens is 433 g/mol. The van der Waals surface area contributed by atoms with Crippen molar-refractivity contribution in [1.82, 2.24) is 14.8 Å². The molecule has 0 radical (unpaired) electrons. The molecule has 0 saturated heterocycles. The Balaban J connectivity index is 1.84. The lowest BCUT2D eigenvalue weighted by atomic mass is 9.87. The molecule has 0 spiro atoms. The van der Waals surface area contributed by atoms with Gasteiger partial charge in [0.2, 0.25) is 11.9 Å². The molecule has 1 amide bonds. The highest BCUT2D eigenvalue weighted by molar-refractivity contribution is 6.35. The Morgan fingerprint density at radius 1 is 1.13 bits per heavy atom. The SMILES string of the molecule is CC1=C(C(N)=O)C(c2ccc(Cl)cc2Cl)n2nc(-c3ccc(C(C)(C)C)cc3)nc2N1. The molecule has 1 aromatic heterocycles. The number of fused-ring (bicyclic) bond motifs is 1. The van der Waals surface area contributed by atoms with Crippen molar-refractivity contribution in [3.8, 4) is 11.4 Å². The summed E-state index contributed by atoms with van der Waals surface area (Å²) in [4.78, 5) is 17.0. The van der Waals surface area contributed by atoms with Gasteiger partial charge in [0.25, 0.3) is 0 Å². The highest BCUT2D eigenvalue weighted by Gasteiger charge is 2.34. The van der Waals surface area contributed by atoms with Crippen LogP contribution in [0.3, 0.4) is 0 Å². The van der Waals surface area contributed by atoms with Gasteiger partial charge in [-0.25, -0.2) is 4.68 Å². The van der Waals surface area contributed by atoms with Gasteiger partial charge in [0, 0.05) is 26.9 Å². The van der Waals surface area contributed by atoms with Crippen LogP contribution < -0.4 is 11.1 Å². The number of carbonyl (C=O) groups is 1. The summed E-state index contributed by atoms with van der Waals surface area (Å²) in [5.41, 5.74) is 9.52. The Morgan fingerprint density at radius 3 is 2.39 bits per heavy atom. The molecule has 2 aromatic carbocycles. The van der Waals surface area contributed by atoms with Gasteiger partial charge >= 0.3 is 0 Å². The third-order valence-corrected chi connectivity index (χ3v) is 5.95. The summed E-state index contributed by atoms with van der Waals surface area (Å²) in [6.07, 6.45) is 0. The second-order valence-electron chi connectivity index (χ2n) is 8.63. The number of nitrogens with two attached hydrogens (primary N) is 1. The minimum absolute atomic E-state index is 0.0504. The summed E-state index contributed by atoms with van der Waals surface area (Å²) in [5, 5.41) is 8.78. The minimum atomic E-state index is -0.617. The number of primary amides is 1. The van der Waals surface area contributed by atoms with Crippen molar-refractivity contribution >= 4 is 35.1 Å². The smallest absolute Gasteiger partial charge is 0.248 e. The normalized spacial score (nSPS) is 16.1. The molecule has 8 heteroatoms. The average molecular weight is 456 g/mol. The molecule has 3 N–H and O–H groups in total. The fourth-order valence-corrected chi connectivity index (χ4v) is 4.23. The average Bonchev–Trinajstić information content (AvgIpc) is 3.10. The van der Waals surface area contributed by atoms with E-state index in [1.165, 1.54) is 5.56 Å². The standard InChI is InChI=1S/C23H23Cl2N5O/c1-12-18(20(26)31)19(16-10-9-15(24)11-17(16)25)30-22(27-12)28-21(29-30)13-5-7-14(8-6-13)23(2,3)4/h5-11,19H,1-4H3,(H2,26,31)(H,27,28,29). The van der Waals surface area contributed by atoms with Crippen LogP contribution in [0.25, 0.3) is 11.4 Å². The molecule has 160 valence electrons. The van der Waals surface area contributed by atoms with E-state index in [9.17, 15) is 4.79 Å². The molecule has 1 aliphatic heterocycles. The molecule has 0 bridgehead atoms. The summed E-state index contributed by atoms with van der Waals surface area (Å²) in [5.74, 6) is 0.489. The number of nitrogens with one attached hydrogen (secondary N) is 1. The lowest BCUT2D eigenvalue weighted by Gasteiger charge is -2.28. The molecule has 0 saturated carbocycles. The molecule has 2 heterocycles. The maximum Gasteiger partial charge on any atom is 0.248 e. The van der Waals surface area contributed by atoms with E-state index in [0.29, 0.717) is 38.7 Å². The van der Waals surface area contributed by atoms with Crippen LogP contribution in [0.5, 0.6) is 0 Å². The van der Waals surface area contributed by atoms with Crippen LogP contribution in [-0.4, -0.2) is 20.7 Å². The Labute approximate surface area is 191 Å². The number of nitrogens with zero attached hydrogens (tertiary/aromatic N) is 3. The van der Waals surface area contributed by atoms with Gasteiger partial charge in [0.05, 0.1) is 5.57 Å². The maximum absolute atomic E-state index is 12.3. The first-order valence-electron chi connectivity index (χ1n) is 9.86. The van der Waals surface area contributed by atoms with E-state index in [1.807, 2.05) is 12.1 Å². The van der Waals surface area contributed by atoms with Crippen LogP contribution in [0.2, 0.25) is 10.0 Å². The van der Waals surface area contributed by atoms with Crippen molar-refractivity contribution < 1.29 is 4.79 Å². The Morgan fingerprint density at radius 2 is 1.81 bits per heavy atom. The van der Waals surface area contributed by atoms with Gasteiger partial charge in [-0.1, -0.05) is 74.3 Å². The minimum Gasteiger partial charge on any atom is -0.366 e. The van der Waals surface area contributed by atoms with Crippen molar-refractivity contribution in [2.75, 3.05) is 5.32 Å². The van der Waals surface area contributed by atoms with Crippen LogP contribution in [0.4, 0.5) is 5.95 Å². The van der Waals surface area contributed by atoms with Crippen LogP contribution in [0.15, 0.2) is 53.7 Å². The van der Waals surface area contributed by atoms with Gasteiger partial charge in [-0.3, -0.25) is 4.79 Å². The number of carbonyl (C=O) groups excluding carboxylic acids is 1. The van der Waals surface area contributed by atoms with Gasteiger partial charge in [0.1, 0.15) is 6.04 Å². The number of halogens is 2. The molecule has 0 fully saturated rings. The molecule has 1 atom stereocenters. The first-order valence-corrected chi connectivity index (χ1v) is 10.6. The highest BCUT2D eigenvalue weighted by Crippen LogP contribution is 2.39. The summed E-state index contributed by atoms with van der Waals surface area (Å²) >= 11 is 12.6. The summed E-state index contributed by atoms with van der Waals surface area (Å²) in [6, 6.07) is 12.7. The van der Waals surface area contributed by atoms with E-state index < -0.39 is 11.9 Å². The van der Waals surface area contributed by atoms with E-state index in [4.69, 9.17) is 34.0 Å². The largest absolute Gasteiger partial charge is 0.366 e. The molecule has 0 aliphatic carbocycles. The Bertz CT molecular complexity index is 1210. The zero-order valence-electron chi connectivity index (χ0n) is 17.7. The van der Waals surface area contributed by atoms with Gasteiger partial charge in [-0.15, -0.1) is 5.10 Å². The predicted molar refractivity (Wildman–Crippen MR) is 124 cm³/mol. The summed E-state index contributed by atoms with van der Waals surface area (Å²) < 4.78 is 1.65. The van der Waals surface area contributed by atoms with Crippen LogP contribution >= 0.6 is 23.2 Å². The van der Waals surface area contributed by atoms with Crippen LogP contribution in [-0.2, 0) is 10.2 Å². The third kappa shape index (κ3) is 3.93. The molecule has 4 rings (SSSR count). The number of aromatic nitrogens is 3. The zero-order chi connectivity index (χ0) is 22.5. The van der Waals surface area contributed by atoms with Crippen molar-refractivity contribution in [2.24, 2.45) is 5.73 Å². The number of benzene rings is 2. The lowest BCUT2D eigenvalue weighted by molar-refractivity contribution is -0.115. The van der Waals surface area contributed by atoms with E-state index in [1.54, 1.807) is 29.8 Å². The monoisotopic (exact) mass is 455 g/mol. The quantitative estimate of drug-likeness (QED) is 0.558. The van der Waals surface area contributed by atoms with Crippen molar-refractivity contribution in [1.29, 1.82) is 0 Å². The fraction of sp³-hybridized carbons (Fsp3) is 0.261. The van der Waals surface area contributed by atoms with Crippen molar-refractivity contribution in [3.63, 3.8) is 0 Å². The number of amides is 1. The summed E-state index contributed by atoms with van der Waals surface area (Å²) in [6.45, 7) is 8.28. The highest BCUT2D eigenvalue weighted by atomic mass is 35.5. The number of hydrogen-bond acceptors (Lipinski definition) is 4. The number of allylic oxidation sites excluding steroid dienone is 1. The first kappa shape index (κ1) is 21.4. The van der Waals surface area contributed by atoms with Crippen molar-refractivity contribution in [3.05, 3.63) is 74.9 Å². The van der Waals surface area contributed by atoms with E-state index in [-0.39, 0.29) is 5.41 Å². The summed E-state index contributed by atoms with van der Waals surface area (Å²) in [7, 11) is 0. The maximum atomic E-state index is 12.3. The van der Waals surface area contributed by atoms with Gasteiger partial charge < -0.3 is 11.1 Å². The van der Waals surface area contributed by atoms with Gasteiger partial charge in [0.15, 0.2) is 5.82 Å². The molecular formula is C23H23Cl2N5O. The molecule has 31 heavy (non-hydrogen) atoms. The second-order valence-corrected chi connectivity index (χ2v) is 9.47. The Hall–Kier alpha value is -2.83. The van der Waals surface area contributed by atoms with Crippen LogP contribution in [0, 0.1) is 0 Å². The number of anilines is 1. The topological polar surface area (TPSA) is 85.8 Å². The zero-order valence-corrected chi connectivity index (χ0v) is 19.2. The third-order valence-electron chi connectivity index (χ3n) is 5.38. The lowest BCUT2D eigenvalue weighted by Crippen LogP contribution is -2.32. The molecule has 3 aromatic rings. The molecule has 6 nitrogen and oxygen atoms in total. The van der Waals surface area contributed by atoms with E-state index in [0.717, 1.165) is 5.56 Å². The van der Waals surface area contributed by atoms with E-state index >= 15 is 0 Å². The predicted octanol–water partition coefficient (Wildman–Crippen LogP) is 5.32. The van der Waals surface area contributed by atoms with Crippen LogP contribution in [0.1, 0.15) is 44.9 Å². The van der Waals surface area contributed by atoms with Gasteiger partial charge in [-0.05, 0) is 30.0 Å². The number of rotatable bonds is 3. The molecule has 1 unspecified atom stereocenters. The Kier molecular flexibility index (Phi) is 5.31. The van der Waals surface area contributed by atoms with Gasteiger partial charge in [-0.2, -0.15) is 4.98 Å². The second kappa shape index (κ2) is 7.70. The van der Waals surface area contributed by atoms with E-state index in [2.05, 4.69) is 43.2 Å². The molecule has 1 aliphatic rings.